The second-order valence-electron chi connectivity index (χ2n) is 5.77. The Hall–Kier alpha value is -0.570. The second kappa shape index (κ2) is 6.39. The molecule has 2 fully saturated rings. The number of carbonyl (C=O) groups is 1. The van der Waals surface area contributed by atoms with Gasteiger partial charge in [0, 0.05) is 12.5 Å². The van der Waals surface area contributed by atoms with Gasteiger partial charge in [0.15, 0.2) is 0 Å². The van der Waals surface area contributed by atoms with Crippen molar-refractivity contribution in [3.05, 3.63) is 0 Å². The number of piperidine rings is 1. The molecule has 0 radical (unpaired) electrons. The molecule has 3 N–H and O–H groups in total. The molecule has 2 aliphatic rings. The van der Waals surface area contributed by atoms with E-state index in [4.69, 9.17) is 7.15 Å². The summed E-state index contributed by atoms with van der Waals surface area (Å²) in [7, 11) is 0. The molecule has 1 amide bonds. The van der Waals surface area contributed by atoms with Gasteiger partial charge in [0.05, 0.1) is 0 Å². The normalized spacial score (nSPS) is 35.1. The number of nitrogens with one attached hydrogen (secondary N) is 1. The molecule has 2 rings (SSSR count). The minimum atomic E-state index is -0.200. The SMILES string of the molecule is [3H]N1CC2CCCCC2CC1CCCCC(N)=O. The monoisotopic (exact) mass is 240 g/mol. The van der Waals surface area contributed by atoms with Gasteiger partial charge in [-0.3, -0.25) is 4.79 Å². The third-order valence-electron chi connectivity index (χ3n) is 4.45. The summed E-state index contributed by atoms with van der Waals surface area (Å²) in [5.41, 5.74) is 5.14. The Bertz CT molecular complexity index is 285. The molecule has 1 aliphatic carbocycles. The lowest BCUT2D eigenvalue weighted by atomic mass is 9.73. The van der Waals surface area contributed by atoms with Crippen LogP contribution in [0.4, 0.5) is 0 Å². The van der Waals surface area contributed by atoms with Crippen LogP contribution >= 0.6 is 0 Å². The van der Waals surface area contributed by atoms with Gasteiger partial charge in [0.2, 0.25) is 5.91 Å². The number of primary amides is 1. The first-order valence-electron chi connectivity index (χ1n) is 7.65. The van der Waals surface area contributed by atoms with Crippen molar-refractivity contribution in [3.63, 3.8) is 0 Å². The van der Waals surface area contributed by atoms with Gasteiger partial charge in [-0.1, -0.05) is 25.7 Å². The molecule has 1 heterocycles. The Labute approximate surface area is 106 Å². The van der Waals surface area contributed by atoms with Crippen LogP contribution in [0, 0.1) is 11.8 Å². The molecule has 0 aromatic heterocycles. The van der Waals surface area contributed by atoms with E-state index in [-0.39, 0.29) is 5.91 Å². The van der Waals surface area contributed by atoms with Gasteiger partial charge in [-0.05, 0) is 44.1 Å². The van der Waals surface area contributed by atoms with E-state index in [1.165, 1.54) is 32.1 Å². The van der Waals surface area contributed by atoms with Crippen molar-refractivity contribution in [3.8, 4) is 0 Å². The highest BCUT2D eigenvalue weighted by atomic mass is 16.1. The molecular weight excluding hydrogens is 212 g/mol. The number of unbranched alkanes of at least 4 members (excludes halogenated alkanes) is 1. The summed E-state index contributed by atoms with van der Waals surface area (Å²) < 4.78 is 8.11. The Morgan fingerprint density at radius 2 is 2.06 bits per heavy atom. The molecule has 0 aromatic rings. The van der Waals surface area contributed by atoms with Gasteiger partial charge in [0.1, 0.15) is 1.41 Å². The Morgan fingerprint density at radius 3 is 2.82 bits per heavy atom. The summed E-state index contributed by atoms with van der Waals surface area (Å²) in [6.45, 7) is 0.963. The zero-order valence-corrected chi connectivity index (χ0v) is 10.7. The molecule has 0 aromatic carbocycles. The number of hydrogen-bond acceptors (Lipinski definition) is 2. The Morgan fingerprint density at radius 1 is 1.29 bits per heavy atom. The van der Waals surface area contributed by atoms with Crippen molar-refractivity contribution in [1.29, 1.82) is 0 Å². The predicted molar refractivity (Wildman–Crippen MR) is 69.5 cm³/mol. The van der Waals surface area contributed by atoms with E-state index < -0.39 is 0 Å². The average Bonchev–Trinajstić information content (AvgIpc) is 2.34. The average molecular weight is 240 g/mol. The molecule has 1 aliphatic heterocycles. The quantitative estimate of drug-likeness (QED) is 0.724. The summed E-state index contributed by atoms with van der Waals surface area (Å²) >= 11 is 0. The molecule has 0 bridgehead atoms. The van der Waals surface area contributed by atoms with Crippen LogP contribution in [0.25, 0.3) is 0 Å². The molecule has 0 spiro atoms. The van der Waals surface area contributed by atoms with Crippen LogP contribution in [-0.4, -0.2) is 18.5 Å². The van der Waals surface area contributed by atoms with Crippen LogP contribution in [0.15, 0.2) is 0 Å². The van der Waals surface area contributed by atoms with Gasteiger partial charge >= 0.3 is 0 Å². The molecular formula is C14H26N2O. The molecule has 17 heavy (non-hydrogen) atoms. The molecule has 1 saturated carbocycles. The Kier molecular flexibility index (Phi) is 4.33. The van der Waals surface area contributed by atoms with E-state index in [0.717, 1.165) is 37.6 Å². The largest absolute Gasteiger partial charge is 0.370 e. The zero-order chi connectivity index (χ0) is 13.0. The van der Waals surface area contributed by atoms with Crippen LogP contribution in [0.2, 0.25) is 1.41 Å². The molecule has 1 saturated heterocycles. The third-order valence-corrected chi connectivity index (χ3v) is 4.45. The summed E-state index contributed by atoms with van der Waals surface area (Å²) in [5.74, 6) is 1.44. The van der Waals surface area contributed by atoms with Crippen molar-refractivity contribution in [1.82, 2.24) is 5.31 Å². The zero-order valence-electron chi connectivity index (χ0n) is 11.7. The van der Waals surface area contributed by atoms with Gasteiger partial charge in [-0.25, -0.2) is 0 Å². The smallest absolute Gasteiger partial charge is 0.217 e. The third kappa shape index (κ3) is 3.98. The van der Waals surface area contributed by atoms with Crippen LogP contribution in [0.1, 0.15) is 57.8 Å². The van der Waals surface area contributed by atoms with Crippen LogP contribution in [-0.2, 0) is 4.79 Å². The minimum Gasteiger partial charge on any atom is -0.370 e. The maximum atomic E-state index is 10.7. The second-order valence-corrected chi connectivity index (χ2v) is 5.77. The maximum Gasteiger partial charge on any atom is 0.217 e. The highest BCUT2D eigenvalue weighted by Gasteiger charge is 2.31. The van der Waals surface area contributed by atoms with Crippen molar-refractivity contribution < 1.29 is 6.21 Å². The first kappa shape index (κ1) is 11.5. The lowest BCUT2D eigenvalue weighted by molar-refractivity contribution is -0.118. The lowest BCUT2D eigenvalue weighted by Gasteiger charge is -2.40. The number of carbonyl (C=O) groups excluding carboxylic acids is 1. The maximum absolute atomic E-state index is 10.7. The first-order chi connectivity index (χ1) is 8.66. The number of rotatable bonds is 5. The number of fused-ring (bicyclic) bond motifs is 1. The number of hydrogen-bond donors (Lipinski definition) is 2. The number of amides is 1. The van der Waals surface area contributed by atoms with E-state index in [2.05, 4.69) is 0 Å². The van der Waals surface area contributed by atoms with Crippen molar-refractivity contribution in [2.24, 2.45) is 17.6 Å². The summed E-state index contributed by atoms with van der Waals surface area (Å²) in [6, 6.07) is 0.414. The Balaban J connectivity index is 1.73. The summed E-state index contributed by atoms with van der Waals surface area (Å²) in [5, 5.41) is 1.82. The van der Waals surface area contributed by atoms with Crippen molar-refractivity contribution in [2.45, 2.75) is 63.8 Å². The van der Waals surface area contributed by atoms with E-state index in [1.807, 2.05) is 5.31 Å². The fourth-order valence-corrected chi connectivity index (χ4v) is 3.43. The van der Waals surface area contributed by atoms with Gasteiger partial charge in [-0.15, -0.1) is 0 Å². The minimum absolute atomic E-state index is 0.200. The fraction of sp³-hybridized carbons (Fsp3) is 0.929. The number of nitrogens with two attached hydrogens (primary N) is 1. The lowest BCUT2D eigenvalue weighted by Crippen LogP contribution is -2.44. The van der Waals surface area contributed by atoms with E-state index in [9.17, 15) is 4.79 Å². The van der Waals surface area contributed by atoms with Crippen LogP contribution in [0.5, 0.6) is 0 Å². The first-order valence-corrected chi connectivity index (χ1v) is 7.20. The van der Waals surface area contributed by atoms with Crippen molar-refractivity contribution >= 4 is 5.91 Å². The molecule has 3 unspecified atom stereocenters. The predicted octanol–water partition coefficient (Wildman–Crippen LogP) is 2.20. The fourth-order valence-electron chi connectivity index (χ4n) is 3.43. The van der Waals surface area contributed by atoms with Crippen molar-refractivity contribution in [2.75, 3.05) is 6.54 Å². The van der Waals surface area contributed by atoms with Crippen LogP contribution in [0.3, 0.4) is 0 Å². The molecule has 3 heteroatoms. The summed E-state index contributed by atoms with van der Waals surface area (Å²) in [4.78, 5) is 10.7. The summed E-state index contributed by atoms with van der Waals surface area (Å²) in [6.07, 6.45) is 10.1. The topological polar surface area (TPSA) is 55.1 Å². The molecule has 3 atom stereocenters. The standard InChI is InChI=1S/C14H26N2O/c15-14(17)8-4-3-7-13-9-11-5-1-2-6-12(11)10-16-13/h11-13,16H,1-10H2,(H2,15,17)/i/hT. The molecule has 98 valence electrons. The van der Waals surface area contributed by atoms with E-state index >= 15 is 0 Å². The van der Waals surface area contributed by atoms with Gasteiger partial charge in [0.25, 0.3) is 0 Å². The van der Waals surface area contributed by atoms with E-state index in [1.54, 1.807) is 0 Å². The molecule has 3 nitrogen and oxygen atoms in total. The van der Waals surface area contributed by atoms with Gasteiger partial charge < -0.3 is 11.0 Å². The van der Waals surface area contributed by atoms with Gasteiger partial charge in [-0.2, -0.15) is 0 Å². The highest BCUT2D eigenvalue weighted by Crippen LogP contribution is 2.36. The van der Waals surface area contributed by atoms with E-state index in [0.29, 0.717) is 12.5 Å². The highest BCUT2D eigenvalue weighted by molar-refractivity contribution is 5.73. The van der Waals surface area contributed by atoms with Crippen LogP contribution < -0.4 is 11.0 Å².